The van der Waals surface area contributed by atoms with Crippen LogP contribution in [-0.4, -0.2) is 28.0 Å². The van der Waals surface area contributed by atoms with Crippen LogP contribution in [-0.2, 0) is 17.8 Å². The summed E-state index contributed by atoms with van der Waals surface area (Å²) in [4.78, 5) is 10.7. The van der Waals surface area contributed by atoms with E-state index in [1.54, 1.807) is 18.3 Å². The number of carboxylic acid groups (broad SMARTS) is 1. The van der Waals surface area contributed by atoms with Crippen LogP contribution in [0.2, 0.25) is 0 Å². The molecule has 0 amide bonds. The normalized spacial score (nSPS) is 10.2. The van der Waals surface area contributed by atoms with Crippen molar-refractivity contribution < 1.29 is 23.8 Å². The fourth-order valence-corrected chi connectivity index (χ4v) is 3.12. The lowest BCUT2D eigenvalue weighted by Gasteiger charge is -2.09. The van der Waals surface area contributed by atoms with E-state index in [4.69, 9.17) is 14.6 Å². The molecule has 160 valence electrons. The summed E-state index contributed by atoms with van der Waals surface area (Å²) in [5.41, 5.74) is 1.87. The molecule has 0 saturated carbocycles. The summed E-state index contributed by atoms with van der Waals surface area (Å²) in [6.07, 6.45) is 2.09. The third kappa shape index (κ3) is 6.06. The minimum atomic E-state index is -0.840. The summed E-state index contributed by atoms with van der Waals surface area (Å²) in [6.45, 7) is 4.22. The molecular weight excluding hydrogens is 455 g/mol. The molecule has 3 aromatic rings. The van der Waals surface area contributed by atoms with Crippen molar-refractivity contribution in [3.63, 3.8) is 0 Å². The molecule has 0 spiro atoms. The molecule has 0 aliphatic heterocycles. The average Bonchev–Trinajstić information content (AvgIpc) is 3.13. The van der Waals surface area contributed by atoms with E-state index in [9.17, 15) is 9.18 Å². The Morgan fingerprint density at radius 1 is 1.20 bits per heavy atom. The number of methoxy groups -OCH3 is 1. The van der Waals surface area contributed by atoms with Crippen molar-refractivity contribution in [3.8, 4) is 17.2 Å². The number of halogens is 2. The first-order valence-corrected chi connectivity index (χ1v) is 10.3. The van der Waals surface area contributed by atoms with E-state index in [1.165, 1.54) is 23.9 Å². The number of carbonyl (C=O) groups is 1. The van der Waals surface area contributed by atoms with Crippen molar-refractivity contribution >= 4 is 21.9 Å². The van der Waals surface area contributed by atoms with Crippen LogP contribution < -0.4 is 9.47 Å². The van der Waals surface area contributed by atoms with E-state index in [-0.39, 0.29) is 18.7 Å². The molecule has 0 aliphatic rings. The predicted molar refractivity (Wildman–Crippen MR) is 116 cm³/mol. The molecule has 6 nitrogen and oxygen atoms in total. The molecule has 3 rings (SSSR count). The highest BCUT2D eigenvalue weighted by Crippen LogP contribution is 2.26. The number of nitrogens with zero attached hydrogens (tertiary/aromatic N) is 2. The minimum absolute atomic E-state index is 0.0634. The summed E-state index contributed by atoms with van der Waals surface area (Å²) in [5.74, 6) is -0.125. The number of aryl methyl sites for hydroxylation is 1. The summed E-state index contributed by atoms with van der Waals surface area (Å²) in [7, 11) is 1.51. The standard InChI is InChI=1S/C20H18BrFN2O4.C2H6/c1-27-15-6-7-17(22)18(10-15)24-20(21)14(11-23-24)12-28-16-4-2-3-13(9-16)5-8-19(25)26;1-2/h2-4,6-7,9-11H,5,8,12H2,1H3,(H,25,26);1-2H3. The molecule has 0 fully saturated rings. The van der Waals surface area contributed by atoms with Gasteiger partial charge in [0.2, 0.25) is 0 Å². The molecular formula is C22H24BrFN2O4. The molecule has 0 aliphatic carbocycles. The molecule has 0 bridgehead atoms. The number of hydrogen-bond acceptors (Lipinski definition) is 4. The predicted octanol–water partition coefficient (Wildman–Crippen LogP) is 5.40. The van der Waals surface area contributed by atoms with Gasteiger partial charge in [-0.15, -0.1) is 0 Å². The first-order chi connectivity index (χ1) is 14.5. The summed E-state index contributed by atoms with van der Waals surface area (Å²) >= 11 is 3.45. The Hall–Kier alpha value is -2.87. The topological polar surface area (TPSA) is 73.6 Å². The maximum Gasteiger partial charge on any atom is 0.303 e. The lowest BCUT2D eigenvalue weighted by Crippen LogP contribution is -2.02. The van der Waals surface area contributed by atoms with Gasteiger partial charge in [0.25, 0.3) is 0 Å². The van der Waals surface area contributed by atoms with Gasteiger partial charge in [0.05, 0.1) is 13.3 Å². The van der Waals surface area contributed by atoms with Gasteiger partial charge in [-0.1, -0.05) is 26.0 Å². The molecule has 0 atom stereocenters. The van der Waals surface area contributed by atoms with Crippen molar-refractivity contribution in [2.45, 2.75) is 33.3 Å². The van der Waals surface area contributed by atoms with Gasteiger partial charge in [0.1, 0.15) is 34.2 Å². The largest absolute Gasteiger partial charge is 0.497 e. The lowest BCUT2D eigenvalue weighted by molar-refractivity contribution is -0.136. The van der Waals surface area contributed by atoms with Gasteiger partial charge in [0.15, 0.2) is 0 Å². The van der Waals surface area contributed by atoms with Crippen LogP contribution in [0.5, 0.6) is 11.5 Å². The summed E-state index contributed by atoms with van der Waals surface area (Å²) < 4.78 is 27.1. The maximum absolute atomic E-state index is 14.2. The van der Waals surface area contributed by atoms with Gasteiger partial charge < -0.3 is 14.6 Å². The SMILES string of the molecule is CC.COc1ccc(F)c(-n2ncc(COc3cccc(CCC(=O)O)c3)c2Br)c1. The maximum atomic E-state index is 14.2. The fraction of sp³-hybridized carbons (Fsp3) is 0.273. The highest BCUT2D eigenvalue weighted by Gasteiger charge is 2.14. The highest BCUT2D eigenvalue weighted by molar-refractivity contribution is 9.10. The van der Waals surface area contributed by atoms with E-state index in [0.717, 1.165) is 11.1 Å². The van der Waals surface area contributed by atoms with Gasteiger partial charge in [-0.25, -0.2) is 9.07 Å². The number of aliphatic carboxylic acids is 1. The van der Waals surface area contributed by atoms with Crippen LogP contribution in [0.25, 0.3) is 5.69 Å². The molecule has 0 unspecified atom stereocenters. The van der Waals surface area contributed by atoms with Gasteiger partial charge in [-0.3, -0.25) is 4.79 Å². The van der Waals surface area contributed by atoms with Crippen molar-refractivity contribution in [1.29, 1.82) is 0 Å². The van der Waals surface area contributed by atoms with Crippen LogP contribution in [0.1, 0.15) is 31.4 Å². The van der Waals surface area contributed by atoms with Crippen LogP contribution in [0.3, 0.4) is 0 Å². The van der Waals surface area contributed by atoms with E-state index in [2.05, 4.69) is 21.0 Å². The van der Waals surface area contributed by atoms with Crippen LogP contribution in [0.4, 0.5) is 4.39 Å². The Kier molecular flexibility index (Phi) is 8.86. The zero-order valence-electron chi connectivity index (χ0n) is 17.1. The molecule has 0 radical (unpaired) electrons. The quantitative estimate of drug-likeness (QED) is 0.468. The van der Waals surface area contributed by atoms with Crippen molar-refractivity contribution in [1.82, 2.24) is 9.78 Å². The third-order valence-corrected chi connectivity index (χ3v) is 4.93. The Morgan fingerprint density at radius 2 is 1.97 bits per heavy atom. The molecule has 1 heterocycles. The number of ether oxygens (including phenoxy) is 2. The molecule has 1 aromatic heterocycles. The zero-order chi connectivity index (χ0) is 22.1. The van der Waals surface area contributed by atoms with Crippen molar-refractivity contribution in [2.24, 2.45) is 0 Å². The third-order valence-electron chi connectivity index (χ3n) is 4.08. The molecule has 1 N–H and O–H groups in total. The van der Waals surface area contributed by atoms with Gasteiger partial charge in [0, 0.05) is 18.1 Å². The Balaban J connectivity index is 0.00000155. The van der Waals surface area contributed by atoms with E-state index >= 15 is 0 Å². The summed E-state index contributed by atoms with van der Waals surface area (Å²) in [6, 6.07) is 11.7. The smallest absolute Gasteiger partial charge is 0.303 e. The monoisotopic (exact) mass is 478 g/mol. The van der Waals surface area contributed by atoms with Gasteiger partial charge in [-0.05, 0) is 52.2 Å². The van der Waals surface area contributed by atoms with Gasteiger partial charge in [-0.2, -0.15) is 5.10 Å². The van der Waals surface area contributed by atoms with Gasteiger partial charge >= 0.3 is 5.97 Å². The number of hydrogen-bond donors (Lipinski definition) is 1. The Bertz CT molecular complexity index is 991. The van der Waals surface area contributed by atoms with Crippen LogP contribution in [0.15, 0.2) is 53.3 Å². The first-order valence-electron chi connectivity index (χ1n) is 9.48. The van der Waals surface area contributed by atoms with E-state index in [0.29, 0.717) is 22.5 Å². The van der Waals surface area contributed by atoms with E-state index < -0.39 is 11.8 Å². The van der Waals surface area contributed by atoms with Crippen LogP contribution >= 0.6 is 15.9 Å². The zero-order valence-corrected chi connectivity index (χ0v) is 18.6. The fourth-order valence-electron chi connectivity index (χ4n) is 2.62. The first kappa shape index (κ1) is 23.4. The highest BCUT2D eigenvalue weighted by atomic mass is 79.9. The van der Waals surface area contributed by atoms with Crippen molar-refractivity contribution in [3.05, 3.63) is 70.2 Å². The minimum Gasteiger partial charge on any atom is -0.497 e. The second kappa shape index (κ2) is 11.3. The van der Waals surface area contributed by atoms with Crippen molar-refractivity contribution in [2.75, 3.05) is 7.11 Å². The Morgan fingerprint density at radius 3 is 2.67 bits per heavy atom. The number of aromatic nitrogens is 2. The average molecular weight is 479 g/mol. The second-order valence-electron chi connectivity index (χ2n) is 6.02. The van der Waals surface area contributed by atoms with E-state index in [1.807, 2.05) is 32.0 Å². The number of rotatable bonds is 8. The molecule has 2 aromatic carbocycles. The van der Waals surface area contributed by atoms with Crippen LogP contribution in [0, 0.1) is 5.82 Å². The molecule has 8 heteroatoms. The molecule has 0 saturated heterocycles. The number of benzene rings is 2. The Labute approximate surface area is 183 Å². The number of carboxylic acids is 1. The summed E-state index contributed by atoms with van der Waals surface area (Å²) in [5, 5.41) is 13.0. The second-order valence-corrected chi connectivity index (χ2v) is 6.77. The lowest BCUT2D eigenvalue weighted by atomic mass is 10.1. The molecule has 30 heavy (non-hydrogen) atoms.